The second-order valence-electron chi connectivity index (χ2n) is 6.45. The minimum absolute atomic E-state index is 0.0654. The second kappa shape index (κ2) is 7.19. The van der Waals surface area contributed by atoms with Crippen LogP contribution in [0.2, 0.25) is 0 Å². The number of nitrogens with zero attached hydrogens (tertiary/aromatic N) is 3. The third kappa shape index (κ3) is 3.28. The molecule has 1 N–H and O–H groups in total. The van der Waals surface area contributed by atoms with Crippen LogP contribution in [0, 0.1) is 5.82 Å². The summed E-state index contributed by atoms with van der Waals surface area (Å²) >= 11 is 0. The van der Waals surface area contributed by atoms with Crippen molar-refractivity contribution < 1.29 is 18.7 Å². The first-order valence-corrected chi connectivity index (χ1v) is 8.82. The van der Waals surface area contributed by atoms with Crippen molar-refractivity contribution in [2.24, 2.45) is 0 Å². The molecular formula is C20H18FN3O3. The number of phenolic OH excluding ortho intramolecular Hbond substituents is 1. The van der Waals surface area contributed by atoms with E-state index in [0.717, 1.165) is 12.8 Å². The van der Waals surface area contributed by atoms with Crippen LogP contribution < -0.4 is 0 Å². The van der Waals surface area contributed by atoms with Crippen molar-refractivity contribution in [3.8, 4) is 17.2 Å². The number of phenols is 1. The van der Waals surface area contributed by atoms with E-state index in [1.54, 1.807) is 41.3 Å². The summed E-state index contributed by atoms with van der Waals surface area (Å²) in [7, 11) is 0. The van der Waals surface area contributed by atoms with E-state index in [-0.39, 0.29) is 34.6 Å². The Balaban J connectivity index is 1.65. The van der Waals surface area contributed by atoms with Gasteiger partial charge in [-0.2, -0.15) is 0 Å². The Hall–Kier alpha value is -3.22. The largest absolute Gasteiger partial charge is 0.507 e. The molecule has 1 aliphatic heterocycles. The van der Waals surface area contributed by atoms with Gasteiger partial charge in [0.1, 0.15) is 17.6 Å². The van der Waals surface area contributed by atoms with Crippen LogP contribution in [0.25, 0.3) is 11.5 Å². The number of benzene rings is 2. The fraction of sp³-hybridized carbons (Fsp3) is 0.250. The number of halogens is 1. The first-order valence-electron chi connectivity index (χ1n) is 8.82. The minimum Gasteiger partial charge on any atom is -0.507 e. The van der Waals surface area contributed by atoms with Gasteiger partial charge in [-0.1, -0.05) is 24.3 Å². The first-order chi connectivity index (χ1) is 13.1. The highest BCUT2D eigenvalue weighted by atomic mass is 19.1. The van der Waals surface area contributed by atoms with Gasteiger partial charge in [-0.3, -0.25) is 4.79 Å². The zero-order chi connectivity index (χ0) is 18.8. The smallest absolute Gasteiger partial charge is 0.258 e. The molecule has 0 spiro atoms. The van der Waals surface area contributed by atoms with E-state index in [4.69, 9.17) is 4.42 Å². The van der Waals surface area contributed by atoms with E-state index in [2.05, 4.69) is 10.2 Å². The number of aromatic nitrogens is 2. The molecule has 1 fully saturated rings. The van der Waals surface area contributed by atoms with Crippen LogP contribution in [0.3, 0.4) is 0 Å². The molecule has 2 heterocycles. The van der Waals surface area contributed by atoms with Gasteiger partial charge in [0.05, 0.1) is 11.1 Å². The van der Waals surface area contributed by atoms with Crippen LogP contribution in [-0.2, 0) is 0 Å². The fourth-order valence-corrected chi connectivity index (χ4v) is 3.35. The molecule has 27 heavy (non-hydrogen) atoms. The van der Waals surface area contributed by atoms with Crippen molar-refractivity contribution in [2.75, 3.05) is 6.54 Å². The molecule has 1 atom stereocenters. The molecule has 0 bridgehead atoms. The summed E-state index contributed by atoms with van der Waals surface area (Å²) in [5.41, 5.74) is 0.462. The molecule has 1 aromatic heterocycles. The van der Waals surface area contributed by atoms with E-state index in [1.807, 2.05) is 0 Å². The molecule has 1 unspecified atom stereocenters. The summed E-state index contributed by atoms with van der Waals surface area (Å²) in [6.07, 6.45) is 2.43. The van der Waals surface area contributed by atoms with E-state index < -0.39 is 11.9 Å². The predicted molar refractivity (Wildman–Crippen MR) is 95.4 cm³/mol. The van der Waals surface area contributed by atoms with Gasteiger partial charge in [0.25, 0.3) is 11.8 Å². The maximum absolute atomic E-state index is 14.0. The van der Waals surface area contributed by atoms with Crippen molar-refractivity contribution in [1.82, 2.24) is 15.1 Å². The van der Waals surface area contributed by atoms with Gasteiger partial charge < -0.3 is 14.4 Å². The van der Waals surface area contributed by atoms with Gasteiger partial charge in [0.2, 0.25) is 5.89 Å². The summed E-state index contributed by atoms with van der Waals surface area (Å²) in [5.74, 6) is -0.438. The maximum atomic E-state index is 14.0. The zero-order valence-corrected chi connectivity index (χ0v) is 14.5. The van der Waals surface area contributed by atoms with Crippen molar-refractivity contribution >= 4 is 5.91 Å². The van der Waals surface area contributed by atoms with E-state index in [0.29, 0.717) is 13.0 Å². The monoisotopic (exact) mass is 367 g/mol. The predicted octanol–water partition coefficient (Wildman–Crippen LogP) is 3.95. The number of carbonyl (C=O) groups is 1. The average Bonchev–Trinajstić information content (AvgIpc) is 3.18. The summed E-state index contributed by atoms with van der Waals surface area (Å²) in [4.78, 5) is 14.6. The molecule has 1 amide bonds. The number of piperidine rings is 1. The number of likely N-dealkylation sites (tertiary alicyclic amines) is 1. The summed E-state index contributed by atoms with van der Waals surface area (Å²) in [5, 5.41) is 18.0. The Kier molecular flexibility index (Phi) is 4.58. The molecule has 138 valence electrons. The molecule has 3 aromatic rings. The Labute approximate surface area is 155 Å². The van der Waals surface area contributed by atoms with Gasteiger partial charge in [0.15, 0.2) is 0 Å². The lowest BCUT2D eigenvalue weighted by Gasteiger charge is -2.33. The minimum atomic E-state index is -0.446. The normalized spacial score (nSPS) is 17.1. The molecule has 7 heteroatoms. The molecule has 0 radical (unpaired) electrons. The van der Waals surface area contributed by atoms with Crippen LogP contribution in [0.1, 0.15) is 41.6 Å². The lowest BCUT2D eigenvalue weighted by Crippen LogP contribution is -2.38. The van der Waals surface area contributed by atoms with Crippen molar-refractivity contribution in [2.45, 2.75) is 25.3 Å². The Morgan fingerprint density at radius 2 is 1.89 bits per heavy atom. The number of amides is 1. The number of para-hydroxylation sites is 1. The molecule has 0 saturated carbocycles. The van der Waals surface area contributed by atoms with Crippen LogP contribution in [0.15, 0.2) is 52.9 Å². The number of hydrogen-bond donors (Lipinski definition) is 1. The van der Waals surface area contributed by atoms with Crippen molar-refractivity contribution in [3.05, 3.63) is 65.8 Å². The highest BCUT2D eigenvalue weighted by Crippen LogP contribution is 2.34. The van der Waals surface area contributed by atoms with E-state index in [1.165, 1.54) is 12.1 Å². The second-order valence-corrected chi connectivity index (χ2v) is 6.45. The molecule has 6 nitrogen and oxygen atoms in total. The fourth-order valence-electron chi connectivity index (χ4n) is 3.35. The van der Waals surface area contributed by atoms with E-state index >= 15 is 0 Å². The number of carbonyl (C=O) groups excluding carboxylic acids is 1. The summed E-state index contributed by atoms with van der Waals surface area (Å²) in [6, 6.07) is 12.2. The maximum Gasteiger partial charge on any atom is 0.258 e. The Morgan fingerprint density at radius 1 is 1.11 bits per heavy atom. The van der Waals surface area contributed by atoms with Crippen LogP contribution in [0.4, 0.5) is 4.39 Å². The third-order valence-corrected chi connectivity index (χ3v) is 4.73. The number of aromatic hydroxyl groups is 1. The molecule has 2 aromatic carbocycles. The van der Waals surface area contributed by atoms with Crippen LogP contribution in [-0.4, -0.2) is 32.7 Å². The van der Waals surface area contributed by atoms with Gasteiger partial charge in [-0.25, -0.2) is 4.39 Å². The lowest BCUT2D eigenvalue weighted by atomic mass is 10.0. The summed E-state index contributed by atoms with van der Waals surface area (Å²) < 4.78 is 19.7. The number of hydrogen-bond acceptors (Lipinski definition) is 5. The molecule has 0 aliphatic carbocycles. The topological polar surface area (TPSA) is 79.5 Å². The van der Waals surface area contributed by atoms with Gasteiger partial charge in [0, 0.05) is 6.54 Å². The standard InChI is InChI=1S/C20H18FN3O3/c21-15-9-3-1-7-13(15)18-22-23-19(27-18)16-10-5-6-12-24(16)20(26)14-8-2-4-11-17(14)25/h1-4,7-9,11,16,25H,5-6,10,12H2. The molecule has 1 saturated heterocycles. The van der Waals surface area contributed by atoms with Gasteiger partial charge in [-0.15, -0.1) is 10.2 Å². The zero-order valence-electron chi connectivity index (χ0n) is 14.5. The summed E-state index contributed by atoms with van der Waals surface area (Å²) in [6.45, 7) is 0.523. The molecule has 4 rings (SSSR count). The van der Waals surface area contributed by atoms with Gasteiger partial charge >= 0.3 is 0 Å². The molecule has 1 aliphatic rings. The van der Waals surface area contributed by atoms with E-state index in [9.17, 15) is 14.3 Å². The SMILES string of the molecule is O=C(c1ccccc1O)N1CCCCC1c1nnc(-c2ccccc2F)o1. The highest BCUT2D eigenvalue weighted by Gasteiger charge is 2.33. The van der Waals surface area contributed by atoms with Crippen LogP contribution in [0.5, 0.6) is 5.75 Å². The quantitative estimate of drug-likeness (QED) is 0.758. The third-order valence-electron chi connectivity index (χ3n) is 4.73. The lowest BCUT2D eigenvalue weighted by molar-refractivity contribution is 0.0569. The van der Waals surface area contributed by atoms with Crippen molar-refractivity contribution in [1.29, 1.82) is 0 Å². The van der Waals surface area contributed by atoms with Crippen LogP contribution >= 0.6 is 0 Å². The van der Waals surface area contributed by atoms with Gasteiger partial charge in [-0.05, 0) is 43.5 Å². The average molecular weight is 367 g/mol. The highest BCUT2D eigenvalue weighted by molar-refractivity contribution is 5.97. The van der Waals surface area contributed by atoms with Crippen molar-refractivity contribution in [3.63, 3.8) is 0 Å². The number of rotatable bonds is 3. The Bertz CT molecular complexity index is 972. The first kappa shape index (κ1) is 17.2. The Morgan fingerprint density at radius 3 is 2.70 bits per heavy atom. The molecular weight excluding hydrogens is 349 g/mol.